The van der Waals surface area contributed by atoms with Crippen LogP contribution in [-0.4, -0.2) is 61.4 Å². The first-order chi connectivity index (χ1) is 14.8. The fourth-order valence-corrected chi connectivity index (χ4v) is 3.91. The smallest absolute Gasteiger partial charge is 0.246 e. The minimum Gasteiger partial charge on any atom is -0.495 e. The average molecular weight is 466 g/mol. The summed E-state index contributed by atoms with van der Waals surface area (Å²) < 4.78 is 19.8. The molecule has 1 aliphatic heterocycles. The quantitative estimate of drug-likeness (QED) is 0.652. The van der Waals surface area contributed by atoms with Crippen molar-refractivity contribution in [3.05, 3.63) is 58.8 Å². The van der Waals surface area contributed by atoms with E-state index in [0.717, 1.165) is 0 Å². The van der Waals surface area contributed by atoms with Crippen molar-refractivity contribution in [2.75, 3.05) is 45.2 Å². The van der Waals surface area contributed by atoms with Crippen LogP contribution in [0.5, 0.6) is 5.75 Å². The van der Waals surface area contributed by atoms with Crippen LogP contribution in [0.1, 0.15) is 0 Å². The minimum atomic E-state index is -0.506. The predicted molar refractivity (Wildman–Crippen MR) is 120 cm³/mol. The number of halogens is 3. The van der Waals surface area contributed by atoms with E-state index in [1.807, 2.05) is 0 Å². The largest absolute Gasteiger partial charge is 0.495 e. The summed E-state index contributed by atoms with van der Waals surface area (Å²) in [5.74, 6) is -0.368. The molecule has 6 nitrogen and oxygen atoms in total. The van der Waals surface area contributed by atoms with Gasteiger partial charge in [0.05, 0.1) is 29.4 Å². The van der Waals surface area contributed by atoms with Gasteiger partial charge in [0.2, 0.25) is 11.8 Å². The Morgan fingerprint density at radius 2 is 1.84 bits per heavy atom. The van der Waals surface area contributed by atoms with Crippen molar-refractivity contribution in [3.63, 3.8) is 0 Å². The number of anilines is 1. The second-order valence-corrected chi connectivity index (χ2v) is 7.71. The molecule has 0 bridgehead atoms. The second-order valence-electron chi connectivity index (χ2n) is 6.89. The summed E-state index contributed by atoms with van der Waals surface area (Å²) in [6.45, 7) is 5.27. The van der Waals surface area contributed by atoms with E-state index in [2.05, 4.69) is 11.9 Å². The van der Waals surface area contributed by atoms with Crippen LogP contribution >= 0.6 is 23.2 Å². The normalized spacial score (nSPS) is 13.7. The molecule has 1 aliphatic rings. The van der Waals surface area contributed by atoms with Crippen LogP contribution in [0, 0.1) is 5.82 Å². The molecule has 0 unspecified atom stereocenters. The minimum absolute atomic E-state index is 0.00214. The maximum atomic E-state index is 14.4. The van der Waals surface area contributed by atoms with Crippen molar-refractivity contribution in [2.24, 2.45) is 0 Å². The lowest BCUT2D eigenvalue weighted by Gasteiger charge is -2.34. The van der Waals surface area contributed by atoms with Crippen molar-refractivity contribution in [3.8, 4) is 16.9 Å². The predicted octanol–water partition coefficient (Wildman–Crippen LogP) is 4.08. The van der Waals surface area contributed by atoms with E-state index in [9.17, 15) is 14.0 Å². The van der Waals surface area contributed by atoms with Crippen LogP contribution < -0.4 is 10.1 Å². The number of nitrogens with zero attached hydrogens (tertiary/aromatic N) is 2. The summed E-state index contributed by atoms with van der Waals surface area (Å²) in [5, 5.41) is 3.54. The Morgan fingerprint density at radius 3 is 2.45 bits per heavy atom. The summed E-state index contributed by atoms with van der Waals surface area (Å²) in [4.78, 5) is 27.6. The number of carbonyl (C=O) groups excluding carboxylic acids is 2. The van der Waals surface area contributed by atoms with Gasteiger partial charge in [0.15, 0.2) is 0 Å². The molecule has 1 saturated heterocycles. The Kier molecular flexibility index (Phi) is 7.41. The van der Waals surface area contributed by atoms with Crippen LogP contribution in [0.3, 0.4) is 0 Å². The summed E-state index contributed by atoms with van der Waals surface area (Å²) in [6, 6.07) is 7.55. The molecule has 3 rings (SSSR count). The van der Waals surface area contributed by atoms with Crippen LogP contribution in [0.4, 0.5) is 10.1 Å². The molecule has 2 aromatic rings. The molecule has 0 saturated carbocycles. The first-order valence-electron chi connectivity index (χ1n) is 9.60. The van der Waals surface area contributed by atoms with Gasteiger partial charge in [-0.05, 0) is 24.3 Å². The van der Waals surface area contributed by atoms with E-state index in [4.69, 9.17) is 27.9 Å². The highest BCUT2D eigenvalue weighted by Crippen LogP contribution is 2.40. The highest BCUT2D eigenvalue weighted by atomic mass is 35.5. The maximum Gasteiger partial charge on any atom is 0.246 e. The zero-order valence-electron chi connectivity index (χ0n) is 17.0. The number of ether oxygens (including phenoxy) is 1. The molecule has 9 heteroatoms. The maximum absolute atomic E-state index is 14.4. The number of piperazine rings is 1. The molecule has 31 heavy (non-hydrogen) atoms. The lowest BCUT2D eigenvalue weighted by Crippen LogP contribution is -2.51. The fraction of sp³-hybridized carbons (Fsp3) is 0.273. The van der Waals surface area contributed by atoms with E-state index in [1.54, 1.807) is 28.0 Å². The Hall–Kier alpha value is -2.77. The van der Waals surface area contributed by atoms with Gasteiger partial charge in [0.25, 0.3) is 0 Å². The number of rotatable bonds is 6. The first kappa shape index (κ1) is 22.9. The highest BCUT2D eigenvalue weighted by molar-refractivity contribution is 6.36. The second kappa shape index (κ2) is 10.0. The van der Waals surface area contributed by atoms with Gasteiger partial charge in [-0.1, -0.05) is 35.8 Å². The fourth-order valence-electron chi connectivity index (χ4n) is 3.40. The van der Waals surface area contributed by atoms with E-state index in [-0.39, 0.29) is 34.0 Å². The molecule has 0 aromatic heterocycles. The lowest BCUT2D eigenvalue weighted by atomic mass is 10.0. The van der Waals surface area contributed by atoms with Gasteiger partial charge < -0.3 is 19.9 Å². The van der Waals surface area contributed by atoms with Gasteiger partial charge in [0, 0.05) is 43.4 Å². The molecular weight excluding hydrogens is 444 g/mol. The van der Waals surface area contributed by atoms with Crippen molar-refractivity contribution >= 4 is 40.7 Å². The molecule has 1 N–H and O–H groups in total. The average Bonchev–Trinajstić information content (AvgIpc) is 2.78. The molecule has 0 aliphatic carbocycles. The summed E-state index contributed by atoms with van der Waals surface area (Å²) >= 11 is 12.5. The van der Waals surface area contributed by atoms with Gasteiger partial charge in [-0.25, -0.2) is 4.39 Å². The van der Waals surface area contributed by atoms with E-state index in [1.165, 1.54) is 25.3 Å². The van der Waals surface area contributed by atoms with Crippen molar-refractivity contribution in [1.82, 2.24) is 9.80 Å². The number of hydrogen-bond donors (Lipinski definition) is 1. The third-order valence-corrected chi connectivity index (χ3v) is 5.70. The van der Waals surface area contributed by atoms with Gasteiger partial charge in [0.1, 0.15) is 11.6 Å². The number of methoxy groups -OCH3 is 1. The Morgan fingerprint density at radius 1 is 1.16 bits per heavy atom. The molecule has 2 amide bonds. The van der Waals surface area contributed by atoms with Crippen molar-refractivity contribution in [1.29, 1.82) is 0 Å². The molecule has 1 heterocycles. The first-order valence-corrected chi connectivity index (χ1v) is 10.4. The Labute approximate surface area is 190 Å². The zero-order chi connectivity index (χ0) is 22.5. The summed E-state index contributed by atoms with van der Waals surface area (Å²) in [7, 11) is 1.48. The number of benzene rings is 2. The monoisotopic (exact) mass is 465 g/mol. The van der Waals surface area contributed by atoms with Crippen LogP contribution in [0.2, 0.25) is 10.0 Å². The molecule has 0 spiro atoms. The van der Waals surface area contributed by atoms with Gasteiger partial charge in [-0.15, -0.1) is 0 Å². The lowest BCUT2D eigenvalue weighted by molar-refractivity contribution is -0.135. The number of nitrogens with one attached hydrogen (secondary N) is 1. The summed E-state index contributed by atoms with van der Waals surface area (Å²) in [6.07, 6.45) is 1.27. The third-order valence-electron chi connectivity index (χ3n) is 5.07. The number of carbonyl (C=O) groups is 2. The van der Waals surface area contributed by atoms with E-state index >= 15 is 0 Å². The topological polar surface area (TPSA) is 61.9 Å². The standard InChI is InChI=1S/C22H22Cl2FN3O3/c1-3-20(29)27-7-9-28(10-8-27)21(30)13-26-18-11-14(16(24)12-19(18)31-2)22-15(23)5-4-6-17(22)25/h3-6,11-12,26H,1,7-10,13H2,2H3. The Balaban J connectivity index is 1.75. The molecule has 0 atom stereocenters. The molecule has 1 fully saturated rings. The SMILES string of the molecule is C=CC(=O)N1CCN(C(=O)CNc2cc(-c3c(F)cccc3Cl)c(Cl)cc2OC)CC1. The van der Waals surface area contributed by atoms with E-state index in [0.29, 0.717) is 43.2 Å². The van der Waals surface area contributed by atoms with Crippen molar-refractivity contribution in [2.45, 2.75) is 0 Å². The molecule has 2 aromatic carbocycles. The number of hydrogen-bond acceptors (Lipinski definition) is 4. The highest BCUT2D eigenvalue weighted by Gasteiger charge is 2.23. The van der Waals surface area contributed by atoms with E-state index < -0.39 is 5.82 Å². The van der Waals surface area contributed by atoms with Crippen LogP contribution in [0.25, 0.3) is 11.1 Å². The molecule has 164 valence electrons. The number of amides is 2. The van der Waals surface area contributed by atoms with Crippen molar-refractivity contribution < 1.29 is 18.7 Å². The molecule has 0 radical (unpaired) electrons. The third kappa shape index (κ3) is 5.11. The van der Waals surface area contributed by atoms with Gasteiger partial charge in [-0.2, -0.15) is 0 Å². The van der Waals surface area contributed by atoms with Gasteiger partial charge in [-0.3, -0.25) is 9.59 Å². The van der Waals surface area contributed by atoms with Crippen LogP contribution in [-0.2, 0) is 9.59 Å². The molecular formula is C22H22Cl2FN3O3. The zero-order valence-corrected chi connectivity index (χ0v) is 18.5. The van der Waals surface area contributed by atoms with Gasteiger partial charge >= 0.3 is 0 Å². The van der Waals surface area contributed by atoms with Crippen LogP contribution in [0.15, 0.2) is 43.0 Å². The summed E-state index contributed by atoms with van der Waals surface area (Å²) in [5.41, 5.74) is 1.04. The Bertz CT molecular complexity index is 987.